The van der Waals surface area contributed by atoms with Gasteiger partial charge in [0.15, 0.2) is 15.0 Å². The van der Waals surface area contributed by atoms with Gasteiger partial charge < -0.3 is 9.73 Å². The SMILES string of the molecule is CCc1ccc2c(CC(=O)Nc3nc4ccc(S(C)(=O)=O)cc4s3)coc2c1. The number of aromatic nitrogens is 1. The largest absolute Gasteiger partial charge is 0.464 e. The number of furan rings is 1. The number of amides is 1. The summed E-state index contributed by atoms with van der Waals surface area (Å²) in [6.07, 6.45) is 3.87. The third kappa shape index (κ3) is 3.65. The Hall–Kier alpha value is -2.71. The van der Waals surface area contributed by atoms with Crippen LogP contribution < -0.4 is 5.32 Å². The number of nitrogens with zero attached hydrogens (tertiary/aromatic N) is 1. The van der Waals surface area contributed by atoms with Gasteiger partial charge in [0.25, 0.3) is 0 Å². The fourth-order valence-electron chi connectivity index (χ4n) is 3.01. The van der Waals surface area contributed by atoms with Gasteiger partial charge in [-0.3, -0.25) is 4.79 Å². The normalized spacial score (nSPS) is 11.9. The zero-order valence-electron chi connectivity index (χ0n) is 15.4. The average molecular weight is 415 g/mol. The number of aryl methyl sites for hydroxylation is 1. The Bertz CT molecular complexity index is 1300. The summed E-state index contributed by atoms with van der Waals surface area (Å²) in [6, 6.07) is 10.7. The van der Waals surface area contributed by atoms with E-state index in [4.69, 9.17) is 4.42 Å². The summed E-state index contributed by atoms with van der Waals surface area (Å²) in [5.41, 5.74) is 3.42. The Balaban J connectivity index is 1.54. The number of fused-ring (bicyclic) bond motifs is 2. The van der Waals surface area contributed by atoms with Gasteiger partial charge >= 0.3 is 0 Å². The molecule has 2 aromatic heterocycles. The van der Waals surface area contributed by atoms with Gasteiger partial charge in [-0.05, 0) is 36.2 Å². The van der Waals surface area contributed by atoms with E-state index in [0.29, 0.717) is 15.3 Å². The van der Waals surface area contributed by atoms with Crippen molar-refractivity contribution in [3.63, 3.8) is 0 Å². The standard InChI is InChI=1S/C20H18N2O4S2/c1-3-12-4-6-15-13(11-26-17(15)8-12)9-19(23)22-20-21-16-7-5-14(28(2,24)25)10-18(16)27-20/h4-8,10-11H,3,9H2,1-2H3,(H,21,22,23). The van der Waals surface area contributed by atoms with Crippen LogP contribution in [0.25, 0.3) is 21.2 Å². The van der Waals surface area contributed by atoms with Gasteiger partial charge in [-0.2, -0.15) is 0 Å². The van der Waals surface area contributed by atoms with Crippen molar-refractivity contribution in [3.05, 3.63) is 53.8 Å². The number of carbonyl (C=O) groups is 1. The summed E-state index contributed by atoms with van der Waals surface area (Å²) < 4.78 is 29.7. The minimum absolute atomic E-state index is 0.170. The second kappa shape index (κ2) is 7.03. The third-order valence-electron chi connectivity index (χ3n) is 4.51. The van der Waals surface area contributed by atoms with Crippen LogP contribution >= 0.6 is 11.3 Å². The molecule has 0 atom stereocenters. The molecule has 0 saturated heterocycles. The van der Waals surface area contributed by atoms with E-state index in [2.05, 4.69) is 17.2 Å². The molecule has 0 saturated carbocycles. The molecule has 0 aliphatic carbocycles. The van der Waals surface area contributed by atoms with E-state index in [1.54, 1.807) is 18.4 Å². The van der Waals surface area contributed by atoms with Gasteiger partial charge in [-0.25, -0.2) is 13.4 Å². The highest BCUT2D eigenvalue weighted by molar-refractivity contribution is 7.90. The topological polar surface area (TPSA) is 89.3 Å². The van der Waals surface area contributed by atoms with E-state index in [0.717, 1.165) is 29.2 Å². The second-order valence-electron chi connectivity index (χ2n) is 6.59. The highest BCUT2D eigenvalue weighted by Gasteiger charge is 2.14. The first kappa shape index (κ1) is 18.6. The molecule has 0 fully saturated rings. The first-order chi connectivity index (χ1) is 13.3. The molecular formula is C20H18N2O4S2. The van der Waals surface area contributed by atoms with Crippen LogP contribution in [0.3, 0.4) is 0 Å². The summed E-state index contributed by atoms with van der Waals surface area (Å²) in [5.74, 6) is -0.204. The van der Waals surface area contributed by atoms with Crippen molar-refractivity contribution in [2.45, 2.75) is 24.7 Å². The summed E-state index contributed by atoms with van der Waals surface area (Å²) in [4.78, 5) is 17.1. The Kier molecular flexibility index (Phi) is 4.68. The van der Waals surface area contributed by atoms with Gasteiger partial charge in [-0.1, -0.05) is 30.4 Å². The van der Waals surface area contributed by atoms with Crippen molar-refractivity contribution in [1.29, 1.82) is 0 Å². The lowest BCUT2D eigenvalue weighted by Crippen LogP contribution is -2.13. The number of thiazole rings is 1. The maximum Gasteiger partial charge on any atom is 0.230 e. The molecule has 28 heavy (non-hydrogen) atoms. The molecule has 1 N–H and O–H groups in total. The molecule has 144 valence electrons. The van der Waals surface area contributed by atoms with Gasteiger partial charge in [0.1, 0.15) is 5.58 Å². The minimum atomic E-state index is -3.29. The Labute approximate surface area is 166 Å². The molecule has 0 radical (unpaired) electrons. The zero-order valence-corrected chi connectivity index (χ0v) is 17.0. The second-order valence-corrected chi connectivity index (χ2v) is 9.64. The van der Waals surface area contributed by atoms with Crippen molar-refractivity contribution in [2.75, 3.05) is 11.6 Å². The molecule has 2 heterocycles. The quantitative estimate of drug-likeness (QED) is 0.529. The molecule has 4 rings (SSSR count). The van der Waals surface area contributed by atoms with Crippen molar-refractivity contribution < 1.29 is 17.6 Å². The molecular weight excluding hydrogens is 396 g/mol. The van der Waals surface area contributed by atoms with Gasteiger partial charge in [0.05, 0.1) is 27.8 Å². The number of sulfone groups is 1. The molecule has 4 aromatic rings. The zero-order chi connectivity index (χ0) is 19.9. The average Bonchev–Trinajstić information content (AvgIpc) is 3.23. The van der Waals surface area contributed by atoms with Crippen LogP contribution in [0.5, 0.6) is 0 Å². The van der Waals surface area contributed by atoms with Crippen LogP contribution in [0, 0.1) is 0 Å². The van der Waals surface area contributed by atoms with Crippen molar-refractivity contribution in [1.82, 2.24) is 4.98 Å². The molecule has 1 amide bonds. The van der Waals surface area contributed by atoms with Gasteiger partial charge in [0, 0.05) is 17.2 Å². The lowest BCUT2D eigenvalue weighted by molar-refractivity contribution is -0.115. The summed E-state index contributed by atoms with van der Waals surface area (Å²) in [5, 5.41) is 4.15. The molecule has 0 bridgehead atoms. The number of carbonyl (C=O) groups excluding carboxylic acids is 1. The lowest BCUT2D eigenvalue weighted by Gasteiger charge is -2.00. The van der Waals surface area contributed by atoms with Crippen LogP contribution in [-0.2, 0) is 27.5 Å². The van der Waals surface area contributed by atoms with Crippen LogP contribution in [0.4, 0.5) is 5.13 Å². The van der Waals surface area contributed by atoms with Gasteiger partial charge in [0.2, 0.25) is 5.91 Å². The Morgan fingerprint density at radius 3 is 2.79 bits per heavy atom. The third-order valence-corrected chi connectivity index (χ3v) is 6.56. The first-order valence-electron chi connectivity index (χ1n) is 8.73. The first-order valence-corrected chi connectivity index (χ1v) is 11.4. The van der Waals surface area contributed by atoms with Crippen LogP contribution in [0.15, 0.2) is 52.0 Å². The Morgan fingerprint density at radius 2 is 2.04 bits per heavy atom. The smallest absolute Gasteiger partial charge is 0.230 e. The number of nitrogens with one attached hydrogen (secondary N) is 1. The maximum absolute atomic E-state index is 12.5. The van der Waals surface area contributed by atoms with Crippen molar-refractivity contribution in [3.8, 4) is 0 Å². The fraction of sp³-hybridized carbons (Fsp3) is 0.200. The lowest BCUT2D eigenvalue weighted by atomic mass is 10.1. The molecule has 0 aliphatic heterocycles. The maximum atomic E-state index is 12.5. The van der Waals surface area contributed by atoms with Crippen molar-refractivity contribution >= 4 is 53.4 Å². The van der Waals surface area contributed by atoms with E-state index in [-0.39, 0.29) is 17.2 Å². The number of hydrogen-bond acceptors (Lipinski definition) is 6. The van der Waals surface area contributed by atoms with E-state index in [1.165, 1.54) is 23.0 Å². The number of anilines is 1. The minimum Gasteiger partial charge on any atom is -0.464 e. The van der Waals surface area contributed by atoms with Gasteiger partial charge in [-0.15, -0.1) is 0 Å². The molecule has 6 nitrogen and oxygen atoms in total. The summed E-state index contributed by atoms with van der Waals surface area (Å²) >= 11 is 1.25. The Morgan fingerprint density at radius 1 is 1.21 bits per heavy atom. The molecule has 8 heteroatoms. The highest BCUT2D eigenvalue weighted by Crippen LogP contribution is 2.29. The van der Waals surface area contributed by atoms with E-state index >= 15 is 0 Å². The van der Waals surface area contributed by atoms with E-state index in [9.17, 15) is 13.2 Å². The van der Waals surface area contributed by atoms with Crippen LogP contribution in [0.2, 0.25) is 0 Å². The van der Waals surface area contributed by atoms with E-state index < -0.39 is 9.84 Å². The van der Waals surface area contributed by atoms with Crippen LogP contribution in [-0.4, -0.2) is 25.6 Å². The molecule has 0 aliphatic rings. The summed E-state index contributed by atoms with van der Waals surface area (Å²) in [6.45, 7) is 2.08. The molecule has 2 aromatic carbocycles. The number of benzene rings is 2. The van der Waals surface area contributed by atoms with Crippen LogP contribution in [0.1, 0.15) is 18.1 Å². The number of hydrogen-bond donors (Lipinski definition) is 1. The predicted molar refractivity (Wildman–Crippen MR) is 111 cm³/mol. The highest BCUT2D eigenvalue weighted by atomic mass is 32.2. The van der Waals surface area contributed by atoms with Crippen molar-refractivity contribution in [2.24, 2.45) is 0 Å². The molecule has 0 unspecified atom stereocenters. The number of rotatable bonds is 5. The predicted octanol–water partition coefficient (Wildman–Crippen LogP) is 4.19. The van der Waals surface area contributed by atoms with E-state index in [1.807, 2.05) is 18.2 Å². The summed E-state index contributed by atoms with van der Waals surface area (Å²) in [7, 11) is -3.29. The molecule has 0 spiro atoms. The fourth-order valence-corrected chi connectivity index (χ4v) is 4.65. The monoisotopic (exact) mass is 414 g/mol.